The van der Waals surface area contributed by atoms with Crippen LogP contribution in [0.2, 0.25) is 0 Å². The summed E-state index contributed by atoms with van der Waals surface area (Å²) in [5, 5.41) is 10.0. The second-order valence-electron chi connectivity index (χ2n) is 5.01. The van der Waals surface area contributed by atoms with Crippen molar-refractivity contribution in [1.82, 2.24) is 0 Å². The number of carbonyl (C=O) groups is 1. The van der Waals surface area contributed by atoms with Crippen LogP contribution in [0.4, 0.5) is 0 Å². The number of carboxylic acids is 1. The van der Waals surface area contributed by atoms with Crippen LogP contribution in [0.5, 0.6) is 0 Å². The summed E-state index contributed by atoms with van der Waals surface area (Å²) in [6.45, 7) is 3.44. The maximum atomic E-state index is 11.5. The van der Waals surface area contributed by atoms with E-state index in [4.69, 9.17) is 23.2 Å². The molecule has 2 nitrogen and oxygen atoms in total. The van der Waals surface area contributed by atoms with Crippen LogP contribution in [0.15, 0.2) is 30.3 Å². The molecule has 0 saturated carbocycles. The molecular weight excluding hydrogens is 271 g/mol. The van der Waals surface area contributed by atoms with E-state index >= 15 is 0 Å². The molecule has 1 aliphatic carbocycles. The predicted molar refractivity (Wildman–Crippen MR) is 74.1 cm³/mol. The van der Waals surface area contributed by atoms with Gasteiger partial charge in [0.25, 0.3) is 0 Å². The lowest BCUT2D eigenvalue weighted by Crippen LogP contribution is -2.36. The number of hydrogen-bond acceptors (Lipinski definition) is 1. The molecule has 1 aromatic rings. The fourth-order valence-corrected chi connectivity index (χ4v) is 3.03. The summed E-state index contributed by atoms with van der Waals surface area (Å²) in [4.78, 5) is 10.6. The summed E-state index contributed by atoms with van der Waals surface area (Å²) in [6, 6.07) is 7.58. The minimum Gasteiger partial charge on any atom is -0.481 e. The molecule has 1 N–H and O–H groups in total. The van der Waals surface area contributed by atoms with Crippen molar-refractivity contribution in [3.63, 3.8) is 0 Å². The molecule has 2 unspecified atom stereocenters. The molecule has 0 spiro atoms. The van der Waals surface area contributed by atoms with E-state index in [1.807, 2.05) is 24.3 Å². The average molecular weight is 285 g/mol. The lowest BCUT2D eigenvalue weighted by atomic mass is 9.80. The molecule has 0 radical (unpaired) electrons. The maximum absolute atomic E-state index is 11.5. The Morgan fingerprint density at radius 1 is 1.39 bits per heavy atom. The first-order valence-electron chi connectivity index (χ1n) is 5.70. The van der Waals surface area contributed by atoms with Crippen LogP contribution in [0, 0.1) is 5.92 Å². The molecule has 0 fully saturated rings. The molecule has 0 aliphatic heterocycles. The van der Waals surface area contributed by atoms with Gasteiger partial charge in [-0.15, -0.1) is 11.6 Å². The van der Waals surface area contributed by atoms with E-state index in [0.717, 1.165) is 11.1 Å². The lowest BCUT2D eigenvalue weighted by Gasteiger charge is -2.29. The zero-order valence-corrected chi connectivity index (χ0v) is 11.7. The monoisotopic (exact) mass is 284 g/mol. The Hall–Kier alpha value is -0.990. The van der Waals surface area contributed by atoms with Crippen LogP contribution in [0.1, 0.15) is 30.9 Å². The number of halogens is 2. The number of aliphatic carboxylic acids is 1. The third-order valence-electron chi connectivity index (χ3n) is 3.27. The lowest BCUT2D eigenvalue weighted by molar-refractivity contribution is -0.143. The SMILES string of the molecule is CC(C)(Cl)C(C(=O)O)C1C=C(Cl)c2ccccc21. The van der Waals surface area contributed by atoms with Crippen molar-refractivity contribution < 1.29 is 9.90 Å². The topological polar surface area (TPSA) is 37.3 Å². The van der Waals surface area contributed by atoms with Crippen molar-refractivity contribution in [3.8, 4) is 0 Å². The largest absolute Gasteiger partial charge is 0.481 e. The molecule has 0 bridgehead atoms. The normalized spacial score (nSPS) is 20.2. The van der Waals surface area contributed by atoms with Gasteiger partial charge in [-0.3, -0.25) is 4.79 Å². The summed E-state index contributed by atoms with van der Waals surface area (Å²) in [5.74, 6) is -1.90. The van der Waals surface area contributed by atoms with Gasteiger partial charge in [0, 0.05) is 11.0 Å². The van der Waals surface area contributed by atoms with Crippen LogP contribution in [-0.2, 0) is 4.79 Å². The second kappa shape index (κ2) is 4.60. The van der Waals surface area contributed by atoms with Gasteiger partial charge < -0.3 is 5.11 Å². The van der Waals surface area contributed by atoms with Gasteiger partial charge in [0.2, 0.25) is 0 Å². The molecule has 0 heterocycles. The van der Waals surface area contributed by atoms with Crippen LogP contribution in [0.3, 0.4) is 0 Å². The highest BCUT2D eigenvalue weighted by Crippen LogP contribution is 2.46. The summed E-state index contributed by atoms with van der Waals surface area (Å²) in [5.41, 5.74) is 1.83. The van der Waals surface area contributed by atoms with Crippen molar-refractivity contribution in [1.29, 1.82) is 0 Å². The maximum Gasteiger partial charge on any atom is 0.309 e. The first-order chi connectivity index (χ1) is 8.32. The smallest absolute Gasteiger partial charge is 0.309 e. The predicted octanol–water partition coefficient (Wildman–Crippen LogP) is 4.08. The van der Waals surface area contributed by atoms with Crippen molar-refractivity contribution in [2.75, 3.05) is 0 Å². The van der Waals surface area contributed by atoms with E-state index in [0.29, 0.717) is 5.03 Å². The third-order valence-corrected chi connectivity index (χ3v) is 3.83. The number of hydrogen-bond donors (Lipinski definition) is 1. The van der Waals surface area contributed by atoms with Crippen LogP contribution >= 0.6 is 23.2 Å². The Morgan fingerprint density at radius 3 is 2.56 bits per heavy atom. The van der Waals surface area contributed by atoms with Crippen molar-refractivity contribution in [3.05, 3.63) is 41.5 Å². The highest BCUT2D eigenvalue weighted by Gasteiger charge is 2.42. The Balaban J connectivity index is 2.50. The van der Waals surface area contributed by atoms with Gasteiger partial charge in [0.15, 0.2) is 0 Å². The zero-order chi connectivity index (χ0) is 13.5. The molecule has 0 saturated heterocycles. The molecule has 96 valence electrons. The fraction of sp³-hybridized carbons (Fsp3) is 0.357. The van der Waals surface area contributed by atoms with Crippen molar-refractivity contribution >= 4 is 34.2 Å². The van der Waals surface area contributed by atoms with Crippen molar-refractivity contribution in [2.24, 2.45) is 5.92 Å². The van der Waals surface area contributed by atoms with Gasteiger partial charge in [-0.1, -0.05) is 41.9 Å². The van der Waals surface area contributed by atoms with Gasteiger partial charge in [-0.25, -0.2) is 0 Å². The highest BCUT2D eigenvalue weighted by atomic mass is 35.5. The van der Waals surface area contributed by atoms with E-state index in [-0.39, 0.29) is 5.92 Å². The molecule has 2 rings (SSSR count). The molecule has 4 heteroatoms. The summed E-state index contributed by atoms with van der Waals surface area (Å²) < 4.78 is 0. The van der Waals surface area contributed by atoms with E-state index in [9.17, 15) is 9.90 Å². The quantitative estimate of drug-likeness (QED) is 0.849. The average Bonchev–Trinajstić information content (AvgIpc) is 2.55. The number of fused-ring (bicyclic) bond motifs is 1. The molecule has 0 aromatic heterocycles. The summed E-state index contributed by atoms with van der Waals surface area (Å²) in [7, 11) is 0. The minimum absolute atomic E-state index is 0.279. The van der Waals surface area contributed by atoms with Gasteiger partial charge in [0.05, 0.1) is 10.8 Å². The molecule has 18 heavy (non-hydrogen) atoms. The highest BCUT2D eigenvalue weighted by molar-refractivity contribution is 6.49. The van der Waals surface area contributed by atoms with Gasteiger partial charge in [-0.2, -0.15) is 0 Å². The molecule has 0 amide bonds. The van der Waals surface area contributed by atoms with Crippen LogP contribution in [0.25, 0.3) is 5.03 Å². The van der Waals surface area contributed by atoms with Crippen molar-refractivity contribution in [2.45, 2.75) is 24.6 Å². The van der Waals surface area contributed by atoms with Gasteiger partial charge in [-0.05, 0) is 25.0 Å². The van der Waals surface area contributed by atoms with E-state index in [1.165, 1.54) is 0 Å². The number of carboxylic acid groups (broad SMARTS) is 1. The summed E-state index contributed by atoms with van der Waals surface area (Å²) >= 11 is 12.4. The number of allylic oxidation sites excluding steroid dienone is 1. The summed E-state index contributed by atoms with van der Waals surface area (Å²) in [6.07, 6.45) is 1.79. The number of benzene rings is 1. The van der Waals surface area contributed by atoms with Gasteiger partial charge in [0.1, 0.15) is 0 Å². The van der Waals surface area contributed by atoms with Gasteiger partial charge >= 0.3 is 5.97 Å². The Labute approximate surface area is 116 Å². The third kappa shape index (κ3) is 2.27. The molecule has 2 atom stereocenters. The molecule has 1 aromatic carbocycles. The number of rotatable bonds is 3. The number of alkyl halides is 1. The standard InChI is InChI=1S/C14H14Cl2O2/c1-14(2,16)12(13(17)18)10-7-11(15)9-6-4-3-5-8(9)10/h3-7,10,12H,1-2H3,(H,17,18). The second-order valence-corrected chi connectivity index (χ2v) is 6.39. The fourth-order valence-electron chi connectivity index (χ4n) is 2.49. The van der Waals surface area contributed by atoms with E-state index in [2.05, 4.69) is 0 Å². The zero-order valence-electron chi connectivity index (χ0n) is 10.2. The first kappa shape index (κ1) is 13.4. The van der Waals surface area contributed by atoms with Crippen LogP contribution in [-0.4, -0.2) is 16.0 Å². The molecule has 1 aliphatic rings. The molecular formula is C14H14Cl2O2. The minimum atomic E-state index is -0.905. The van der Waals surface area contributed by atoms with Crippen LogP contribution < -0.4 is 0 Å². The van der Waals surface area contributed by atoms with E-state index < -0.39 is 16.8 Å². The van der Waals surface area contributed by atoms with E-state index in [1.54, 1.807) is 19.9 Å². The first-order valence-corrected chi connectivity index (χ1v) is 6.46. The Morgan fingerprint density at radius 2 is 2.00 bits per heavy atom. The Kier molecular flexibility index (Phi) is 3.43. The Bertz CT molecular complexity index is 515.